The molecule has 1 aliphatic carbocycles. The second kappa shape index (κ2) is 9.23. The van der Waals surface area contributed by atoms with E-state index in [0.717, 1.165) is 48.0 Å². The highest BCUT2D eigenvalue weighted by atomic mass is 16.6. The minimum atomic E-state index is -0.516. The van der Waals surface area contributed by atoms with Gasteiger partial charge >= 0.3 is 0 Å². The maximum atomic E-state index is 12.4. The molecule has 5 rings (SSSR count). The third-order valence-electron chi connectivity index (χ3n) is 5.76. The zero-order valence-corrected chi connectivity index (χ0v) is 18.3. The lowest BCUT2D eigenvalue weighted by molar-refractivity contribution is -0.384. The van der Waals surface area contributed by atoms with Crippen LogP contribution in [0.15, 0.2) is 77.2 Å². The number of carbonyl (C=O) groups is 1. The van der Waals surface area contributed by atoms with E-state index in [9.17, 15) is 14.9 Å². The smallest absolute Gasteiger partial charge is 0.275 e. The molecule has 170 valence electrons. The summed E-state index contributed by atoms with van der Waals surface area (Å²) in [5.74, 6) is 1.43. The first-order valence-corrected chi connectivity index (χ1v) is 11.1. The van der Waals surface area contributed by atoms with Gasteiger partial charge in [-0.2, -0.15) is 0 Å². The number of hydrogen-bond acceptors (Lipinski definition) is 5. The third-order valence-corrected chi connectivity index (χ3v) is 5.76. The number of aryl methyl sites for hydroxylation is 2. The molecule has 0 saturated carbocycles. The van der Waals surface area contributed by atoms with Crippen LogP contribution in [-0.4, -0.2) is 10.8 Å². The number of carbonyl (C=O) groups excluding carboxylic acids is 1. The maximum absolute atomic E-state index is 12.4. The van der Waals surface area contributed by atoms with Crippen molar-refractivity contribution in [3.8, 4) is 11.5 Å². The lowest BCUT2D eigenvalue weighted by Crippen LogP contribution is -2.08. The summed E-state index contributed by atoms with van der Waals surface area (Å²) >= 11 is 0. The number of anilines is 1. The van der Waals surface area contributed by atoms with Crippen LogP contribution in [0, 0.1) is 10.1 Å². The summed E-state index contributed by atoms with van der Waals surface area (Å²) in [4.78, 5) is 23.3. The van der Waals surface area contributed by atoms with Crippen LogP contribution in [0.2, 0.25) is 0 Å². The van der Waals surface area contributed by atoms with Gasteiger partial charge in [-0.15, -0.1) is 0 Å². The summed E-state index contributed by atoms with van der Waals surface area (Å²) in [6.07, 6.45) is 7.20. The van der Waals surface area contributed by atoms with Crippen LogP contribution < -0.4 is 10.1 Å². The standard InChI is InChI=1S/C27H22N2O5/c30-27(13-10-18-6-2-1-3-7-18)28-19-14-20(29(31)32)16-22(15-19)33-21-11-12-26-24(17-21)23-8-4-5-9-25(23)34-26/h1-3,6-7,10-17H,4-5,8-9H2,(H,28,30). The Labute approximate surface area is 195 Å². The number of furan rings is 1. The first-order valence-electron chi connectivity index (χ1n) is 11.1. The van der Waals surface area contributed by atoms with Gasteiger partial charge in [-0.1, -0.05) is 30.3 Å². The van der Waals surface area contributed by atoms with Crippen LogP contribution >= 0.6 is 0 Å². The minimum absolute atomic E-state index is 0.179. The monoisotopic (exact) mass is 454 g/mol. The first-order chi connectivity index (χ1) is 16.5. The van der Waals surface area contributed by atoms with Gasteiger partial charge in [0.25, 0.3) is 5.69 Å². The Morgan fingerprint density at radius 2 is 1.82 bits per heavy atom. The van der Waals surface area contributed by atoms with Crippen molar-refractivity contribution >= 4 is 34.3 Å². The number of nitrogens with zero attached hydrogens (tertiary/aromatic N) is 1. The van der Waals surface area contributed by atoms with Gasteiger partial charge < -0.3 is 14.5 Å². The molecule has 4 aromatic rings. The molecule has 3 aromatic carbocycles. The summed E-state index contributed by atoms with van der Waals surface area (Å²) in [6, 6.07) is 19.1. The molecule has 0 bridgehead atoms. The molecule has 0 radical (unpaired) electrons. The van der Waals surface area contributed by atoms with Crippen molar-refractivity contribution in [2.24, 2.45) is 0 Å². The fourth-order valence-electron chi connectivity index (χ4n) is 4.18. The quantitative estimate of drug-likeness (QED) is 0.200. The fourth-order valence-corrected chi connectivity index (χ4v) is 4.18. The van der Waals surface area contributed by atoms with Gasteiger partial charge in [-0.05, 0) is 49.1 Å². The molecule has 1 N–H and O–H groups in total. The van der Waals surface area contributed by atoms with Crippen molar-refractivity contribution in [1.29, 1.82) is 0 Å². The van der Waals surface area contributed by atoms with Crippen molar-refractivity contribution in [3.05, 3.63) is 99.8 Å². The molecule has 1 heterocycles. The molecule has 0 aliphatic heterocycles. The lowest BCUT2D eigenvalue weighted by atomic mass is 9.96. The Hall–Kier alpha value is -4.39. The third kappa shape index (κ3) is 4.68. The number of nitro benzene ring substituents is 1. The minimum Gasteiger partial charge on any atom is -0.461 e. The van der Waals surface area contributed by atoms with Crippen LogP contribution in [0.4, 0.5) is 11.4 Å². The number of rotatable bonds is 6. The average Bonchev–Trinajstić information content (AvgIpc) is 3.21. The predicted molar refractivity (Wildman–Crippen MR) is 130 cm³/mol. The Balaban J connectivity index is 1.39. The number of nitrogens with one attached hydrogen (secondary N) is 1. The van der Waals surface area contributed by atoms with Gasteiger partial charge in [0.15, 0.2) is 0 Å². The lowest BCUT2D eigenvalue weighted by Gasteiger charge is -2.10. The molecule has 0 saturated heterocycles. The highest BCUT2D eigenvalue weighted by Gasteiger charge is 2.19. The van der Waals surface area contributed by atoms with E-state index in [-0.39, 0.29) is 17.1 Å². The van der Waals surface area contributed by atoms with Gasteiger partial charge in [-0.25, -0.2) is 0 Å². The van der Waals surface area contributed by atoms with Crippen LogP contribution in [-0.2, 0) is 17.6 Å². The van der Waals surface area contributed by atoms with E-state index in [1.54, 1.807) is 18.2 Å². The summed E-state index contributed by atoms with van der Waals surface area (Å²) in [5.41, 5.74) is 2.99. The molecular weight excluding hydrogens is 432 g/mol. The molecule has 1 amide bonds. The Bertz CT molecular complexity index is 1410. The molecule has 7 heteroatoms. The van der Waals surface area contributed by atoms with Crippen LogP contribution in [0.5, 0.6) is 11.5 Å². The Kier molecular flexibility index (Phi) is 5.82. The molecule has 0 atom stereocenters. The van der Waals surface area contributed by atoms with Crippen molar-refractivity contribution in [3.63, 3.8) is 0 Å². The number of hydrogen-bond donors (Lipinski definition) is 1. The van der Waals surface area contributed by atoms with Crippen molar-refractivity contribution < 1.29 is 18.9 Å². The largest absolute Gasteiger partial charge is 0.461 e. The molecule has 1 aliphatic rings. The number of ether oxygens (including phenoxy) is 1. The molecule has 7 nitrogen and oxygen atoms in total. The number of fused-ring (bicyclic) bond motifs is 3. The summed E-state index contributed by atoms with van der Waals surface area (Å²) in [5, 5.41) is 15.2. The number of nitro groups is 1. The summed E-state index contributed by atoms with van der Waals surface area (Å²) < 4.78 is 11.9. The van der Waals surface area contributed by atoms with Crippen molar-refractivity contribution in [2.45, 2.75) is 25.7 Å². The second-order valence-corrected chi connectivity index (χ2v) is 8.18. The number of benzene rings is 3. The Morgan fingerprint density at radius 3 is 2.65 bits per heavy atom. The zero-order valence-electron chi connectivity index (χ0n) is 18.3. The predicted octanol–water partition coefficient (Wildman–Crippen LogP) is 6.66. The van der Waals surface area contributed by atoms with Gasteiger partial charge in [0, 0.05) is 35.6 Å². The van der Waals surface area contributed by atoms with Crippen LogP contribution in [0.1, 0.15) is 29.7 Å². The summed E-state index contributed by atoms with van der Waals surface area (Å²) in [7, 11) is 0. The molecular formula is C27H22N2O5. The zero-order chi connectivity index (χ0) is 23.5. The number of amides is 1. The van der Waals surface area contributed by atoms with Crippen LogP contribution in [0.25, 0.3) is 17.0 Å². The topological polar surface area (TPSA) is 94.6 Å². The van der Waals surface area contributed by atoms with Gasteiger partial charge in [0.2, 0.25) is 5.91 Å². The van der Waals surface area contributed by atoms with E-state index < -0.39 is 10.8 Å². The van der Waals surface area contributed by atoms with E-state index in [4.69, 9.17) is 9.15 Å². The van der Waals surface area contributed by atoms with E-state index >= 15 is 0 Å². The average molecular weight is 454 g/mol. The fraction of sp³-hybridized carbons (Fsp3) is 0.148. The van der Waals surface area contributed by atoms with Gasteiger partial charge in [-0.3, -0.25) is 14.9 Å². The second-order valence-electron chi connectivity index (χ2n) is 8.18. The highest BCUT2D eigenvalue weighted by molar-refractivity contribution is 6.02. The summed E-state index contributed by atoms with van der Waals surface area (Å²) in [6.45, 7) is 0. The van der Waals surface area contributed by atoms with E-state index in [0.29, 0.717) is 5.75 Å². The first kappa shape index (κ1) is 21.5. The van der Waals surface area contributed by atoms with E-state index in [1.165, 1.54) is 23.8 Å². The molecule has 0 fully saturated rings. The SMILES string of the molecule is O=C(C=Cc1ccccc1)Nc1cc(Oc2ccc3oc4c(c3c2)CCCC4)cc([N+](=O)[O-])c1. The molecule has 1 aromatic heterocycles. The molecule has 34 heavy (non-hydrogen) atoms. The number of non-ortho nitro benzene ring substituents is 1. The molecule has 0 unspecified atom stereocenters. The van der Waals surface area contributed by atoms with Crippen LogP contribution in [0.3, 0.4) is 0 Å². The van der Waals surface area contributed by atoms with Crippen molar-refractivity contribution in [1.82, 2.24) is 0 Å². The maximum Gasteiger partial charge on any atom is 0.275 e. The van der Waals surface area contributed by atoms with Gasteiger partial charge in [0.05, 0.1) is 16.7 Å². The van der Waals surface area contributed by atoms with E-state index in [2.05, 4.69) is 5.32 Å². The molecule has 0 spiro atoms. The highest BCUT2D eigenvalue weighted by Crippen LogP contribution is 2.36. The van der Waals surface area contributed by atoms with E-state index in [1.807, 2.05) is 42.5 Å². The van der Waals surface area contributed by atoms with Crippen molar-refractivity contribution in [2.75, 3.05) is 5.32 Å². The van der Waals surface area contributed by atoms with Gasteiger partial charge in [0.1, 0.15) is 22.8 Å². The Morgan fingerprint density at radius 1 is 1.00 bits per heavy atom. The normalized spacial score (nSPS) is 13.1.